The molecule has 0 unspecified atom stereocenters. The summed E-state index contributed by atoms with van der Waals surface area (Å²) in [6.07, 6.45) is 0. The molecule has 0 saturated carbocycles. The monoisotopic (exact) mass is 505 g/mol. The molecule has 0 radical (unpaired) electrons. The van der Waals surface area contributed by atoms with Crippen LogP contribution in [0.4, 0.5) is 0 Å². The average molecular weight is 506 g/mol. The second-order valence-corrected chi connectivity index (χ2v) is 17.6. The van der Waals surface area contributed by atoms with Crippen LogP contribution in [0.2, 0.25) is 0 Å². The molecule has 0 heterocycles. The fourth-order valence-electron chi connectivity index (χ4n) is 2.50. The van der Waals surface area contributed by atoms with Crippen molar-refractivity contribution in [2.24, 2.45) is 0 Å². The standard InChI is InChI=1S/C18H16ClP.3ClH.Ru/c19-20(16-10-4-1-5-11-16,17-12-6-2-7-13-17)18-14-8-3-9-15-18;;;;/h1-15,20H;3*1H;/q;;;;+3/p-3. The molecule has 0 amide bonds. The Morgan fingerprint density at radius 3 is 0.917 bits per heavy atom. The van der Waals surface area contributed by atoms with E-state index in [1.165, 1.54) is 15.9 Å². The van der Waals surface area contributed by atoms with Crippen molar-refractivity contribution in [3.63, 3.8) is 0 Å². The van der Waals surface area contributed by atoms with Crippen LogP contribution in [0.3, 0.4) is 0 Å². The molecule has 6 heteroatoms. The second-order valence-electron chi connectivity index (χ2n) is 4.91. The molecule has 0 N–H and O–H groups in total. The number of rotatable bonds is 3. The van der Waals surface area contributed by atoms with Gasteiger partial charge < -0.3 is 0 Å². The fraction of sp³-hybridized carbons (Fsp3) is 0. The topological polar surface area (TPSA) is 0 Å². The molecule has 3 rings (SSSR count). The molecule has 0 aliphatic heterocycles. The Balaban J connectivity index is 0.000000471. The summed E-state index contributed by atoms with van der Waals surface area (Å²) in [5.74, 6) is 0. The van der Waals surface area contributed by atoms with Gasteiger partial charge in [0.25, 0.3) is 0 Å². The average Bonchev–Trinajstić information content (AvgIpc) is 2.63. The van der Waals surface area contributed by atoms with Crippen molar-refractivity contribution in [3.8, 4) is 0 Å². The van der Waals surface area contributed by atoms with Gasteiger partial charge in [-0.1, -0.05) is 0 Å². The van der Waals surface area contributed by atoms with E-state index in [4.69, 9.17) is 40.3 Å². The number of benzene rings is 3. The predicted molar refractivity (Wildman–Crippen MR) is 110 cm³/mol. The molecule has 129 valence electrons. The third kappa shape index (κ3) is 5.44. The first-order chi connectivity index (χ1) is 11.5. The summed E-state index contributed by atoms with van der Waals surface area (Å²) < 4.78 is 0. The van der Waals surface area contributed by atoms with Crippen molar-refractivity contribution in [2.75, 3.05) is 0 Å². The second kappa shape index (κ2) is 10.1. The third-order valence-electron chi connectivity index (χ3n) is 3.51. The molecule has 0 aromatic heterocycles. The van der Waals surface area contributed by atoms with E-state index in [0.29, 0.717) is 0 Å². The molecule has 0 bridgehead atoms. The Kier molecular flexibility index (Phi) is 8.52. The van der Waals surface area contributed by atoms with Gasteiger partial charge in [-0.3, -0.25) is 0 Å². The first kappa shape index (κ1) is 20.2. The molecule has 0 spiro atoms. The Labute approximate surface area is 165 Å². The van der Waals surface area contributed by atoms with E-state index in [0.717, 1.165) is 0 Å². The van der Waals surface area contributed by atoms with Gasteiger partial charge in [-0.2, -0.15) is 0 Å². The van der Waals surface area contributed by atoms with Crippen molar-refractivity contribution >= 4 is 62.8 Å². The summed E-state index contributed by atoms with van der Waals surface area (Å²) in [5.41, 5.74) is 0. The molecule has 0 fully saturated rings. The Bertz CT molecular complexity index is 624. The molecule has 3 aromatic carbocycles. The first-order valence-corrected chi connectivity index (χ1v) is 16.8. The van der Waals surface area contributed by atoms with Gasteiger partial charge in [-0.05, 0) is 0 Å². The minimum atomic E-state index is -2.41. The summed E-state index contributed by atoms with van der Waals surface area (Å²) in [6, 6.07) is 31.3. The molecule has 0 saturated heterocycles. The van der Waals surface area contributed by atoms with E-state index < -0.39 is 19.6 Å². The van der Waals surface area contributed by atoms with Crippen LogP contribution in [0, 0.1) is 0 Å². The summed E-state index contributed by atoms with van der Waals surface area (Å²) in [6.45, 7) is -2.41. The Morgan fingerprint density at radius 1 is 0.500 bits per heavy atom. The van der Waals surface area contributed by atoms with Gasteiger partial charge in [0.1, 0.15) is 0 Å². The SMILES string of the molecule is Cl[PH](c1ccccc1)(c1ccccc1)c1ccccc1.[Cl][Ru]([Cl])[Cl]. The normalized spacial score (nSPS) is 11.9. The van der Waals surface area contributed by atoms with Crippen molar-refractivity contribution in [2.45, 2.75) is 0 Å². The third-order valence-corrected chi connectivity index (χ3v) is 8.87. The maximum atomic E-state index is 7.25. The zero-order valence-corrected chi connectivity index (χ0v) is 18.3. The van der Waals surface area contributed by atoms with E-state index in [1.807, 2.05) is 18.2 Å². The van der Waals surface area contributed by atoms with Gasteiger partial charge in [-0.25, -0.2) is 0 Å². The minimum absolute atomic E-state index is 1.22. The molecule has 3 aromatic rings. The summed E-state index contributed by atoms with van der Waals surface area (Å²) >= 11 is 5.50. The van der Waals surface area contributed by atoms with Crippen LogP contribution in [0.25, 0.3) is 0 Å². The Hall–Kier alpha value is -0.127. The molecule has 0 atom stereocenters. The van der Waals surface area contributed by atoms with Crippen molar-refractivity contribution in [1.82, 2.24) is 0 Å². The predicted octanol–water partition coefficient (Wildman–Crippen LogP) is 5.93. The summed E-state index contributed by atoms with van der Waals surface area (Å²) in [7, 11) is 14.8. The molecular weight excluding hydrogens is 490 g/mol. The van der Waals surface area contributed by atoms with E-state index in [1.54, 1.807) is 0 Å². The van der Waals surface area contributed by atoms with Crippen molar-refractivity contribution in [3.05, 3.63) is 91.0 Å². The molecule has 0 aliphatic carbocycles. The van der Waals surface area contributed by atoms with Crippen LogP contribution in [0.1, 0.15) is 0 Å². The quantitative estimate of drug-likeness (QED) is 0.305. The van der Waals surface area contributed by atoms with Crippen LogP contribution >= 0.6 is 46.9 Å². The van der Waals surface area contributed by atoms with Crippen molar-refractivity contribution in [1.29, 1.82) is 0 Å². The zero-order chi connectivity index (χ0) is 17.4. The number of hydrogen-bond donors (Lipinski definition) is 0. The molecule has 24 heavy (non-hydrogen) atoms. The fourth-order valence-corrected chi connectivity index (χ4v) is 6.59. The first-order valence-electron chi connectivity index (χ1n) is 7.07. The van der Waals surface area contributed by atoms with Gasteiger partial charge in [0.15, 0.2) is 0 Å². The van der Waals surface area contributed by atoms with Crippen molar-refractivity contribution < 1.29 is 13.0 Å². The van der Waals surface area contributed by atoms with Gasteiger partial charge in [0.05, 0.1) is 0 Å². The molecule has 0 aliphatic rings. The van der Waals surface area contributed by atoms with Crippen LogP contribution in [0.15, 0.2) is 91.0 Å². The molecular formula is C18H16Cl4PRu. The zero-order valence-electron chi connectivity index (χ0n) is 12.5. The van der Waals surface area contributed by atoms with Crippen LogP contribution in [0.5, 0.6) is 0 Å². The number of hydrogen-bond acceptors (Lipinski definition) is 0. The summed E-state index contributed by atoms with van der Waals surface area (Å²) in [5, 5.41) is 3.66. The maximum absolute atomic E-state index is 7.25. The molecule has 0 nitrogen and oxygen atoms in total. The number of halogens is 4. The van der Waals surface area contributed by atoms with E-state index in [2.05, 4.69) is 72.8 Å². The Morgan fingerprint density at radius 2 is 0.708 bits per heavy atom. The van der Waals surface area contributed by atoms with E-state index >= 15 is 0 Å². The van der Waals surface area contributed by atoms with Gasteiger partial charge in [0.2, 0.25) is 0 Å². The van der Waals surface area contributed by atoms with E-state index in [-0.39, 0.29) is 0 Å². The van der Waals surface area contributed by atoms with Gasteiger partial charge in [0, 0.05) is 0 Å². The van der Waals surface area contributed by atoms with Crippen LogP contribution in [-0.2, 0) is 13.0 Å². The van der Waals surface area contributed by atoms with Gasteiger partial charge in [-0.15, -0.1) is 0 Å². The van der Waals surface area contributed by atoms with Crippen LogP contribution < -0.4 is 15.9 Å². The van der Waals surface area contributed by atoms with Gasteiger partial charge >= 0.3 is 167 Å². The van der Waals surface area contributed by atoms with E-state index in [9.17, 15) is 0 Å². The van der Waals surface area contributed by atoms with Crippen LogP contribution in [-0.4, -0.2) is 0 Å². The summed E-state index contributed by atoms with van der Waals surface area (Å²) in [4.78, 5) is 0.